The van der Waals surface area contributed by atoms with E-state index in [-0.39, 0.29) is 11.3 Å². The molecule has 1 heterocycles. The van der Waals surface area contributed by atoms with Crippen LogP contribution in [0.2, 0.25) is 5.15 Å². The number of rotatable bonds is 3. The summed E-state index contributed by atoms with van der Waals surface area (Å²) in [5.41, 5.74) is 3.21. The Hall–Kier alpha value is -1.81. The fraction of sp³-hybridized carbons (Fsp3) is 0.444. The molecular weight excluding hydrogens is 310 g/mol. The maximum Gasteiger partial charge on any atom is 0.263 e. The number of hydrogen-bond donors (Lipinski definition) is 0. The van der Waals surface area contributed by atoms with Crippen LogP contribution in [0, 0.1) is 6.92 Å². The van der Waals surface area contributed by atoms with Crippen molar-refractivity contribution in [2.24, 2.45) is 7.05 Å². The highest BCUT2D eigenvalue weighted by Gasteiger charge is 2.25. The van der Waals surface area contributed by atoms with Gasteiger partial charge < -0.3 is 4.90 Å². The minimum atomic E-state index is -0.117. The molecule has 0 N–H and O–H groups in total. The van der Waals surface area contributed by atoms with Crippen molar-refractivity contribution < 1.29 is 4.79 Å². The van der Waals surface area contributed by atoms with Gasteiger partial charge >= 0.3 is 0 Å². The van der Waals surface area contributed by atoms with E-state index in [1.54, 1.807) is 18.9 Å². The lowest BCUT2D eigenvalue weighted by atomic mass is 9.87. The van der Waals surface area contributed by atoms with Gasteiger partial charge in [-0.15, -0.1) is 0 Å². The van der Waals surface area contributed by atoms with Crippen molar-refractivity contribution in [2.45, 2.75) is 40.0 Å². The van der Waals surface area contributed by atoms with Crippen molar-refractivity contribution in [2.75, 3.05) is 11.4 Å². The number of carbonyl (C=O) groups excluding carboxylic acids is 1. The van der Waals surface area contributed by atoms with Crippen LogP contribution < -0.4 is 4.90 Å². The second kappa shape index (κ2) is 6.36. The van der Waals surface area contributed by atoms with Crippen molar-refractivity contribution in [3.63, 3.8) is 0 Å². The quantitative estimate of drug-likeness (QED) is 0.837. The van der Waals surface area contributed by atoms with E-state index < -0.39 is 0 Å². The largest absolute Gasteiger partial charge is 0.308 e. The van der Waals surface area contributed by atoms with Crippen molar-refractivity contribution in [1.29, 1.82) is 0 Å². The molecule has 0 aliphatic carbocycles. The standard InChI is InChI=1S/C18H24ClN3O/c1-7-22(14-10-8-9-13(11-14)18(3,4)5)17(23)15-12(2)20-21(6)16(15)19/h8-11H,7H2,1-6H3. The molecule has 0 unspecified atom stereocenters. The van der Waals surface area contributed by atoms with Gasteiger partial charge in [-0.05, 0) is 37.0 Å². The summed E-state index contributed by atoms with van der Waals surface area (Å²) >= 11 is 6.25. The first-order chi connectivity index (χ1) is 10.7. The van der Waals surface area contributed by atoms with E-state index in [0.29, 0.717) is 23.0 Å². The van der Waals surface area contributed by atoms with E-state index >= 15 is 0 Å². The molecule has 5 heteroatoms. The van der Waals surface area contributed by atoms with Crippen molar-refractivity contribution >= 4 is 23.2 Å². The minimum absolute atomic E-state index is 0.0281. The summed E-state index contributed by atoms with van der Waals surface area (Å²) < 4.78 is 1.53. The average molecular weight is 334 g/mol. The Morgan fingerprint density at radius 2 is 2.00 bits per heavy atom. The van der Waals surface area contributed by atoms with Crippen LogP contribution >= 0.6 is 11.6 Å². The Morgan fingerprint density at radius 3 is 2.48 bits per heavy atom. The van der Waals surface area contributed by atoms with Crippen molar-refractivity contribution in [1.82, 2.24) is 9.78 Å². The SMILES string of the molecule is CCN(C(=O)c1c(C)nn(C)c1Cl)c1cccc(C(C)(C)C)c1. The molecule has 2 aromatic rings. The zero-order valence-corrected chi connectivity index (χ0v) is 15.4. The molecule has 124 valence electrons. The van der Waals surface area contributed by atoms with E-state index in [1.807, 2.05) is 19.1 Å². The summed E-state index contributed by atoms with van der Waals surface area (Å²) in [4.78, 5) is 14.7. The van der Waals surface area contributed by atoms with Crippen molar-refractivity contribution in [3.05, 3.63) is 46.2 Å². The molecule has 0 spiro atoms. The molecule has 23 heavy (non-hydrogen) atoms. The predicted octanol–water partition coefficient (Wildman–Crippen LogP) is 4.35. The first-order valence-corrected chi connectivity index (χ1v) is 8.16. The topological polar surface area (TPSA) is 38.1 Å². The Morgan fingerprint density at radius 1 is 1.35 bits per heavy atom. The second-order valence-corrected chi connectivity index (χ2v) is 7.08. The lowest BCUT2D eigenvalue weighted by molar-refractivity contribution is 0.0988. The van der Waals surface area contributed by atoms with Crippen molar-refractivity contribution in [3.8, 4) is 0 Å². The molecule has 0 fully saturated rings. The number of amides is 1. The van der Waals surface area contributed by atoms with Gasteiger partial charge in [-0.2, -0.15) is 5.10 Å². The average Bonchev–Trinajstić information content (AvgIpc) is 2.72. The number of aromatic nitrogens is 2. The van der Waals surface area contributed by atoms with E-state index in [0.717, 1.165) is 5.69 Å². The molecule has 2 rings (SSSR count). The van der Waals surface area contributed by atoms with E-state index in [9.17, 15) is 4.79 Å². The third-order valence-electron chi connectivity index (χ3n) is 3.95. The van der Waals surface area contributed by atoms with Gasteiger partial charge in [0, 0.05) is 19.3 Å². The Kier molecular flexibility index (Phi) is 4.85. The summed E-state index contributed by atoms with van der Waals surface area (Å²) in [6.07, 6.45) is 0. The molecule has 0 atom stereocenters. The normalized spacial score (nSPS) is 11.6. The molecule has 1 aromatic carbocycles. The molecule has 0 radical (unpaired) electrons. The summed E-state index contributed by atoms with van der Waals surface area (Å²) in [6, 6.07) is 8.10. The van der Waals surface area contributed by atoms with Gasteiger partial charge in [0.05, 0.1) is 11.3 Å². The van der Waals surface area contributed by atoms with Gasteiger partial charge in [0.25, 0.3) is 5.91 Å². The molecule has 0 aliphatic rings. The monoisotopic (exact) mass is 333 g/mol. The zero-order valence-electron chi connectivity index (χ0n) is 14.6. The van der Waals surface area contributed by atoms with Gasteiger partial charge in [-0.3, -0.25) is 9.48 Å². The molecule has 4 nitrogen and oxygen atoms in total. The molecule has 0 aliphatic heterocycles. The summed E-state index contributed by atoms with van der Waals surface area (Å²) in [5, 5.41) is 4.61. The number of hydrogen-bond acceptors (Lipinski definition) is 2. The van der Waals surface area contributed by atoms with Crippen LogP contribution in [0.5, 0.6) is 0 Å². The Balaban J connectivity index is 2.46. The predicted molar refractivity (Wildman–Crippen MR) is 95.4 cm³/mol. The second-order valence-electron chi connectivity index (χ2n) is 6.72. The molecule has 0 bridgehead atoms. The van der Waals surface area contributed by atoms with Crippen LogP contribution in [0.15, 0.2) is 24.3 Å². The number of nitrogens with zero attached hydrogens (tertiary/aromatic N) is 3. The lowest BCUT2D eigenvalue weighted by Gasteiger charge is -2.25. The van der Waals surface area contributed by atoms with Gasteiger partial charge in [-0.1, -0.05) is 44.5 Å². The zero-order chi connectivity index (χ0) is 17.4. The van der Waals surface area contributed by atoms with E-state index in [4.69, 9.17) is 11.6 Å². The summed E-state index contributed by atoms with van der Waals surface area (Å²) in [7, 11) is 1.74. The number of halogens is 1. The molecule has 0 saturated heterocycles. The molecular formula is C18H24ClN3O. The maximum absolute atomic E-state index is 13.0. The van der Waals surface area contributed by atoms with Gasteiger partial charge in [0.1, 0.15) is 5.15 Å². The molecule has 0 saturated carbocycles. The van der Waals surface area contributed by atoms with Crippen LogP contribution in [0.3, 0.4) is 0 Å². The molecule has 1 amide bonds. The third kappa shape index (κ3) is 3.42. The number of carbonyl (C=O) groups is 1. The highest BCUT2D eigenvalue weighted by atomic mass is 35.5. The smallest absolute Gasteiger partial charge is 0.263 e. The Bertz CT molecular complexity index is 728. The minimum Gasteiger partial charge on any atom is -0.308 e. The summed E-state index contributed by atoms with van der Waals surface area (Å²) in [5.74, 6) is -0.117. The van der Waals surface area contributed by atoms with Crippen LogP contribution in [0.1, 0.15) is 49.3 Å². The Labute approximate surface area is 143 Å². The third-order valence-corrected chi connectivity index (χ3v) is 4.38. The number of anilines is 1. The fourth-order valence-corrected chi connectivity index (χ4v) is 2.85. The number of aryl methyl sites for hydroxylation is 2. The highest BCUT2D eigenvalue weighted by Crippen LogP contribution is 2.28. The lowest BCUT2D eigenvalue weighted by Crippen LogP contribution is -2.31. The van der Waals surface area contributed by atoms with Crippen LogP contribution in [-0.4, -0.2) is 22.2 Å². The van der Waals surface area contributed by atoms with Crippen LogP contribution in [-0.2, 0) is 12.5 Å². The van der Waals surface area contributed by atoms with Gasteiger partial charge in [0.2, 0.25) is 0 Å². The first-order valence-electron chi connectivity index (χ1n) is 7.78. The highest BCUT2D eigenvalue weighted by molar-refractivity contribution is 6.33. The first kappa shape index (κ1) is 17.5. The fourth-order valence-electron chi connectivity index (χ4n) is 2.59. The molecule has 1 aromatic heterocycles. The number of benzene rings is 1. The van der Waals surface area contributed by atoms with E-state index in [2.05, 4.69) is 38.0 Å². The van der Waals surface area contributed by atoms with Gasteiger partial charge in [0.15, 0.2) is 0 Å². The van der Waals surface area contributed by atoms with Crippen LogP contribution in [0.4, 0.5) is 5.69 Å². The van der Waals surface area contributed by atoms with E-state index in [1.165, 1.54) is 10.2 Å². The van der Waals surface area contributed by atoms with Gasteiger partial charge in [-0.25, -0.2) is 0 Å². The van der Waals surface area contributed by atoms with Crippen LogP contribution in [0.25, 0.3) is 0 Å². The summed E-state index contributed by atoms with van der Waals surface area (Å²) in [6.45, 7) is 10.8. The maximum atomic E-state index is 13.0.